The minimum absolute atomic E-state index is 0.0403. The van der Waals surface area contributed by atoms with Crippen LogP contribution in [0, 0.1) is 0 Å². The first-order valence-electron chi connectivity index (χ1n) is 9.83. The van der Waals surface area contributed by atoms with Gasteiger partial charge in [-0.05, 0) is 55.9 Å². The Balaban J connectivity index is 1.66. The van der Waals surface area contributed by atoms with Crippen molar-refractivity contribution in [2.45, 2.75) is 45.7 Å². The number of fused-ring (bicyclic) bond motifs is 3. The molecule has 0 saturated heterocycles. The Morgan fingerprint density at radius 3 is 2.82 bits per heavy atom. The van der Waals surface area contributed by atoms with E-state index in [-0.39, 0.29) is 5.56 Å². The number of rotatable bonds is 7. The summed E-state index contributed by atoms with van der Waals surface area (Å²) in [5.74, 6) is 1.46. The monoisotopic (exact) mass is 395 g/mol. The first-order chi connectivity index (χ1) is 13.7. The van der Waals surface area contributed by atoms with Crippen LogP contribution < -0.4 is 15.6 Å². The molecule has 2 heterocycles. The molecule has 6 heteroatoms. The van der Waals surface area contributed by atoms with Gasteiger partial charge in [0.2, 0.25) is 5.95 Å². The van der Waals surface area contributed by atoms with Crippen LogP contribution >= 0.6 is 11.3 Å². The van der Waals surface area contributed by atoms with Gasteiger partial charge in [-0.15, -0.1) is 17.9 Å². The first-order valence-corrected chi connectivity index (χ1v) is 10.6. The van der Waals surface area contributed by atoms with Crippen LogP contribution in [0.4, 0.5) is 5.95 Å². The molecule has 0 atom stereocenters. The summed E-state index contributed by atoms with van der Waals surface area (Å²) in [7, 11) is 0. The summed E-state index contributed by atoms with van der Waals surface area (Å²) in [6.07, 6.45) is 6.14. The van der Waals surface area contributed by atoms with Crippen LogP contribution in [0.1, 0.15) is 35.8 Å². The van der Waals surface area contributed by atoms with Gasteiger partial charge in [0.05, 0.1) is 12.0 Å². The fraction of sp³-hybridized carbons (Fsp3) is 0.364. The Bertz CT molecular complexity index is 1050. The highest BCUT2D eigenvalue weighted by atomic mass is 32.1. The molecule has 28 heavy (non-hydrogen) atoms. The molecular weight excluding hydrogens is 370 g/mol. The van der Waals surface area contributed by atoms with Crippen LogP contribution in [0.3, 0.4) is 0 Å². The van der Waals surface area contributed by atoms with Gasteiger partial charge in [0.25, 0.3) is 5.56 Å². The van der Waals surface area contributed by atoms with E-state index < -0.39 is 0 Å². The third-order valence-corrected chi connectivity index (χ3v) is 6.26. The molecule has 0 spiro atoms. The van der Waals surface area contributed by atoms with Gasteiger partial charge in [-0.3, -0.25) is 9.36 Å². The van der Waals surface area contributed by atoms with Crippen LogP contribution in [-0.2, 0) is 25.9 Å². The van der Waals surface area contributed by atoms with E-state index in [2.05, 4.69) is 11.9 Å². The van der Waals surface area contributed by atoms with Crippen LogP contribution in [0.5, 0.6) is 5.75 Å². The Kier molecular flexibility index (Phi) is 5.48. The van der Waals surface area contributed by atoms with Crippen molar-refractivity contribution in [3.05, 3.63) is 63.3 Å². The van der Waals surface area contributed by atoms with Crippen molar-refractivity contribution in [2.75, 3.05) is 11.9 Å². The van der Waals surface area contributed by atoms with Gasteiger partial charge in [0.1, 0.15) is 10.6 Å². The Morgan fingerprint density at radius 2 is 2.07 bits per heavy atom. The predicted octanol–water partition coefficient (Wildman–Crippen LogP) is 4.53. The van der Waals surface area contributed by atoms with Gasteiger partial charge in [-0.25, -0.2) is 4.98 Å². The minimum Gasteiger partial charge on any atom is -0.494 e. The number of allylic oxidation sites excluding steroid dienone is 1. The quantitative estimate of drug-likeness (QED) is 0.597. The predicted molar refractivity (Wildman–Crippen MR) is 116 cm³/mol. The Morgan fingerprint density at radius 1 is 1.29 bits per heavy atom. The van der Waals surface area contributed by atoms with Crippen molar-refractivity contribution in [3.63, 3.8) is 0 Å². The lowest BCUT2D eigenvalue weighted by Gasteiger charge is -2.14. The minimum atomic E-state index is 0.0403. The largest absolute Gasteiger partial charge is 0.494 e. The van der Waals surface area contributed by atoms with E-state index in [9.17, 15) is 4.79 Å². The summed E-state index contributed by atoms with van der Waals surface area (Å²) in [5, 5.41) is 4.16. The third-order valence-electron chi connectivity index (χ3n) is 5.07. The molecule has 1 N–H and O–H groups in total. The topological polar surface area (TPSA) is 56.1 Å². The van der Waals surface area contributed by atoms with Crippen molar-refractivity contribution in [2.24, 2.45) is 0 Å². The number of hydrogen-bond acceptors (Lipinski definition) is 5. The van der Waals surface area contributed by atoms with E-state index >= 15 is 0 Å². The summed E-state index contributed by atoms with van der Waals surface area (Å²) in [6, 6.07) is 7.97. The molecule has 0 aliphatic heterocycles. The summed E-state index contributed by atoms with van der Waals surface area (Å²) in [5.41, 5.74) is 2.37. The zero-order valence-corrected chi connectivity index (χ0v) is 17.0. The number of nitrogens with one attached hydrogen (secondary N) is 1. The number of anilines is 1. The maximum atomic E-state index is 13.2. The van der Waals surface area contributed by atoms with Crippen molar-refractivity contribution < 1.29 is 4.74 Å². The molecule has 4 rings (SSSR count). The summed E-state index contributed by atoms with van der Waals surface area (Å²) in [4.78, 5) is 20.2. The van der Waals surface area contributed by atoms with Gasteiger partial charge >= 0.3 is 0 Å². The van der Waals surface area contributed by atoms with Gasteiger partial charge in [-0.2, -0.15) is 0 Å². The molecule has 0 amide bonds. The summed E-state index contributed by atoms with van der Waals surface area (Å²) < 4.78 is 7.19. The number of benzene rings is 1. The van der Waals surface area contributed by atoms with Gasteiger partial charge in [0.15, 0.2) is 0 Å². The van der Waals surface area contributed by atoms with E-state index in [1.807, 2.05) is 31.2 Å². The van der Waals surface area contributed by atoms with Crippen LogP contribution in [0.2, 0.25) is 0 Å². The van der Waals surface area contributed by atoms with Crippen molar-refractivity contribution in [1.29, 1.82) is 0 Å². The molecule has 1 aliphatic carbocycles. The molecule has 0 saturated carbocycles. The number of aryl methyl sites for hydroxylation is 2. The first kappa shape index (κ1) is 18.7. The zero-order valence-electron chi connectivity index (χ0n) is 16.2. The average Bonchev–Trinajstić information content (AvgIpc) is 3.09. The molecule has 146 valence electrons. The molecule has 1 aliphatic rings. The summed E-state index contributed by atoms with van der Waals surface area (Å²) >= 11 is 1.68. The molecule has 0 bridgehead atoms. The smallest absolute Gasteiger partial charge is 0.264 e. The molecular formula is C22H25N3O2S. The van der Waals surface area contributed by atoms with Crippen LogP contribution in [0.25, 0.3) is 10.2 Å². The highest BCUT2D eigenvalue weighted by Crippen LogP contribution is 2.34. The standard InChI is InChI=1S/C22H25N3O2S/c1-3-13-25-21(26)19-17-7-5-6-8-18(17)28-20(19)24-22(25)23-14-15-9-11-16(12-10-15)27-4-2/h3,9-12H,1,4-8,13-14H2,2H3,(H,23,24). The van der Waals surface area contributed by atoms with E-state index in [0.717, 1.165) is 40.8 Å². The molecule has 0 radical (unpaired) electrons. The normalized spacial score (nSPS) is 13.3. The Labute approximate surface area is 168 Å². The second-order valence-electron chi connectivity index (χ2n) is 6.96. The lowest BCUT2D eigenvalue weighted by molar-refractivity contribution is 0.340. The van der Waals surface area contributed by atoms with Crippen LogP contribution in [0.15, 0.2) is 41.7 Å². The van der Waals surface area contributed by atoms with E-state index in [1.54, 1.807) is 22.0 Å². The lowest BCUT2D eigenvalue weighted by Crippen LogP contribution is -2.25. The summed E-state index contributed by atoms with van der Waals surface area (Å²) in [6.45, 7) is 7.47. The maximum absolute atomic E-state index is 13.2. The maximum Gasteiger partial charge on any atom is 0.264 e. The number of hydrogen-bond donors (Lipinski definition) is 1. The molecule has 2 aromatic heterocycles. The third kappa shape index (κ3) is 3.56. The van der Waals surface area contributed by atoms with E-state index in [0.29, 0.717) is 25.6 Å². The second kappa shape index (κ2) is 8.19. The van der Waals surface area contributed by atoms with Crippen molar-refractivity contribution >= 4 is 27.5 Å². The highest BCUT2D eigenvalue weighted by Gasteiger charge is 2.21. The van der Waals surface area contributed by atoms with Gasteiger partial charge in [0, 0.05) is 18.0 Å². The number of thiophene rings is 1. The lowest BCUT2D eigenvalue weighted by atomic mass is 9.97. The average molecular weight is 396 g/mol. The van der Waals surface area contributed by atoms with E-state index in [1.165, 1.54) is 16.9 Å². The van der Waals surface area contributed by atoms with Crippen LogP contribution in [-0.4, -0.2) is 16.2 Å². The Hall–Kier alpha value is -2.60. The molecule has 0 fully saturated rings. The fourth-order valence-electron chi connectivity index (χ4n) is 3.72. The SMILES string of the molecule is C=CCn1c(NCc2ccc(OCC)cc2)nc2sc3c(c2c1=O)CCCC3. The zero-order chi connectivity index (χ0) is 19.5. The van der Waals surface area contributed by atoms with Crippen molar-refractivity contribution in [3.8, 4) is 5.75 Å². The number of aromatic nitrogens is 2. The number of ether oxygens (including phenoxy) is 1. The van der Waals surface area contributed by atoms with Gasteiger partial charge < -0.3 is 10.1 Å². The fourth-order valence-corrected chi connectivity index (χ4v) is 4.98. The van der Waals surface area contributed by atoms with Gasteiger partial charge in [-0.1, -0.05) is 18.2 Å². The highest BCUT2D eigenvalue weighted by molar-refractivity contribution is 7.18. The second-order valence-corrected chi connectivity index (χ2v) is 8.05. The molecule has 5 nitrogen and oxygen atoms in total. The molecule has 0 unspecified atom stereocenters. The van der Waals surface area contributed by atoms with E-state index in [4.69, 9.17) is 9.72 Å². The molecule has 3 aromatic rings. The molecule has 1 aromatic carbocycles. The van der Waals surface area contributed by atoms with Crippen molar-refractivity contribution in [1.82, 2.24) is 9.55 Å². The number of nitrogens with zero attached hydrogens (tertiary/aromatic N) is 2.